The van der Waals surface area contributed by atoms with Gasteiger partial charge < -0.3 is 9.80 Å². The highest BCUT2D eigenvalue weighted by atomic mass is 16.2. The first kappa shape index (κ1) is 14.5. The maximum absolute atomic E-state index is 12.2. The Hall–Kier alpha value is -0.610. The minimum atomic E-state index is 0.0248. The maximum atomic E-state index is 12.2. The van der Waals surface area contributed by atoms with Crippen molar-refractivity contribution in [2.45, 2.75) is 51.6 Å². The number of rotatable bonds is 6. The molecule has 1 atom stereocenters. The molecule has 0 bridgehead atoms. The summed E-state index contributed by atoms with van der Waals surface area (Å²) in [7, 11) is 4.12. The summed E-state index contributed by atoms with van der Waals surface area (Å²) < 4.78 is 0. The quantitative estimate of drug-likeness (QED) is 0.761. The van der Waals surface area contributed by atoms with Crippen LogP contribution in [0.5, 0.6) is 0 Å². The van der Waals surface area contributed by atoms with Crippen molar-refractivity contribution < 1.29 is 4.79 Å². The smallest absolute Gasteiger partial charge is 0.240 e. The van der Waals surface area contributed by atoms with Gasteiger partial charge in [0.25, 0.3) is 0 Å². The first-order chi connectivity index (χ1) is 7.88. The predicted molar refractivity (Wildman–Crippen MR) is 70.8 cm³/mol. The molecule has 0 aromatic carbocycles. The van der Waals surface area contributed by atoms with Crippen molar-refractivity contribution in [1.29, 1.82) is 0 Å². The topological polar surface area (TPSA) is 35.6 Å². The lowest BCUT2D eigenvalue weighted by Crippen LogP contribution is -2.49. The van der Waals surface area contributed by atoms with Gasteiger partial charge in [0.05, 0.1) is 12.7 Å². The van der Waals surface area contributed by atoms with Crippen molar-refractivity contribution in [2.24, 2.45) is 0 Å². The van der Waals surface area contributed by atoms with E-state index in [-0.39, 0.29) is 17.5 Å². The van der Waals surface area contributed by atoms with E-state index in [9.17, 15) is 4.79 Å². The first-order valence-corrected chi connectivity index (χ1v) is 6.58. The van der Waals surface area contributed by atoms with Gasteiger partial charge in [-0.25, -0.2) is 0 Å². The number of amides is 1. The second-order valence-electron chi connectivity index (χ2n) is 5.80. The molecule has 1 saturated heterocycles. The molecule has 0 saturated carbocycles. The molecule has 1 amide bonds. The van der Waals surface area contributed by atoms with Gasteiger partial charge >= 0.3 is 0 Å². The fourth-order valence-corrected chi connectivity index (χ4v) is 1.98. The minimum Gasteiger partial charge on any atom is -0.327 e. The Morgan fingerprint density at radius 1 is 1.47 bits per heavy atom. The number of unbranched alkanes of at least 4 members (excludes halogenated alkanes) is 1. The Kier molecular flexibility index (Phi) is 4.95. The third kappa shape index (κ3) is 3.68. The number of nitrogens with one attached hydrogen (secondary N) is 1. The highest BCUT2D eigenvalue weighted by molar-refractivity contribution is 5.83. The van der Waals surface area contributed by atoms with E-state index >= 15 is 0 Å². The second-order valence-corrected chi connectivity index (χ2v) is 5.80. The molecule has 1 unspecified atom stereocenters. The van der Waals surface area contributed by atoms with Gasteiger partial charge in [0.1, 0.15) is 0 Å². The van der Waals surface area contributed by atoms with E-state index in [0.717, 1.165) is 25.8 Å². The Balaban J connectivity index is 2.50. The van der Waals surface area contributed by atoms with Crippen molar-refractivity contribution in [3.63, 3.8) is 0 Å². The van der Waals surface area contributed by atoms with Crippen LogP contribution < -0.4 is 5.32 Å². The van der Waals surface area contributed by atoms with Gasteiger partial charge in [0.15, 0.2) is 0 Å². The van der Waals surface area contributed by atoms with Crippen molar-refractivity contribution >= 4 is 5.91 Å². The SMILES string of the molecule is CCCCC1NCN(CC(C)(C)N(C)C)C1=O. The third-order valence-corrected chi connectivity index (χ3v) is 3.77. The number of hydrogen-bond acceptors (Lipinski definition) is 3. The zero-order valence-electron chi connectivity index (χ0n) is 11.9. The monoisotopic (exact) mass is 241 g/mol. The van der Waals surface area contributed by atoms with Gasteiger partial charge in [-0.15, -0.1) is 0 Å². The van der Waals surface area contributed by atoms with Crippen LogP contribution in [0, 0.1) is 0 Å². The molecule has 0 spiro atoms. The van der Waals surface area contributed by atoms with E-state index in [1.54, 1.807) is 0 Å². The summed E-state index contributed by atoms with van der Waals surface area (Å²) in [6, 6.07) is 0.0490. The Morgan fingerprint density at radius 3 is 2.65 bits per heavy atom. The number of hydrogen-bond donors (Lipinski definition) is 1. The molecule has 1 fully saturated rings. The van der Waals surface area contributed by atoms with Gasteiger partial charge in [0.2, 0.25) is 5.91 Å². The summed E-state index contributed by atoms with van der Waals surface area (Å²) in [6.07, 6.45) is 3.23. The minimum absolute atomic E-state index is 0.0248. The number of carbonyl (C=O) groups is 1. The zero-order chi connectivity index (χ0) is 13.1. The summed E-state index contributed by atoms with van der Waals surface area (Å²) >= 11 is 0. The van der Waals surface area contributed by atoms with Crippen LogP contribution in [0.1, 0.15) is 40.0 Å². The lowest BCUT2D eigenvalue weighted by Gasteiger charge is -2.36. The average Bonchev–Trinajstić information content (AvgIpc) is 2.57. The first-order valence-electron chi connectivity index (χ1n) is 6.58. The van der Waals surface area contributed by atoms with Crippen LogP contribution in [0.2, 0.25) is 0 Å². The normalized spacial score (nSPS) is 21.6. The Labute approximate surface area is 105 Å². The van der Waals surface area contributed by atoms with Crippen LogP contribution in [0.3, 0.4) is 0 Å². The highest BCUT2D eigenvalue weighted by Crippen LogP contribution is 2.17. The van der Waals surface area contributed by atoms with E-state index < -0.39 is 0 Å². The lowest BCUT2D eigenvalue weighted by molar-refractivity contribution is -0.130. The van der Waals surface area contributed by atoms with Crippen molar-refractivity contribution in [3.8, 4) is 0 Å². The number of likely N-dealkylation sites (N-methyl/N-ethyl adjacent to an activating group) is 1. The van der Waals surface area contributed by atoms with Gasteiger partial charge in [-0.05, 0) is 34.4 Å². The molecule has 4 heteroatoms. The molecule has 1 rings (SSSR count). The van der Waals surface area contributed by atoms with E-state index in [1.165, 1.54) is 0 Å². The zero-order valence-corrected chi connectivity index (χ0v) is 11.9. The van der Waals surface area contributed by atoms with E-state index in [2.05, 4.69) is 45.1 Å². The predicted octanol–water partition coefficient (Wildman–Crippen LogP) is 1.27. The lowest BCUT2D eigenvalue weighted by atomic mass is 10.0. The van der Waals surface area contributed by atoms with Gasteiger partial charge in [0, 0.05) is 12.1 Å². The molecule has 1 aliphatic rings. The van der Waals surface area contributed by atoms with Crippen LogP contribution in [0.4, 0.5) is 0 Å². The van der Waals surface area contributed by atoms with Crippen molar-refractivity contribution in [3.05, 3.63) is 0 Å². The van der Waals surface area contributed by atoms with Crippen molar-refractivity contribution in [2.75, 3.05) is 27.3 Å². The van der Waals surface area contributed by atoms with Crippen molar-refractivity contribution in [1.82, 2.24) is 15.1 Å². The summed E-state index contributed by atoms with van der Waals surface area (Å²) in [5.74, 6) is 0.272. The molecule has 0 aromatic heterocycles. The van der Waals surface area contributed by atoms with Crippen LogP contribution in [0.25, 0.3) is 0 Å². The standard InChI is InChI=1S/C13H27N3O/c1-6-7-8-11-12(17)16(10-14-11)9-13(2,3)15(4)5/h11,14H,6-10H2,1-5H3. The summed E-state index contributed by atoms with van der Waals surface area (Å²) in [5, 5.41) is 3.31. The summed E-state index contributed by atoms with van der Waals surface area (Å²) in [5.41, 5.74) is 0.0248. The average molecular weight is 241 g/mol. The van der Waals surface area contributed by atoms with Gasteiger partial charge in [-0.3, -0.25) is 10.1 Å². The second kappa shape index (κ2) is 5.83. The molecule has 100 valence electrons. The maximum Gasteiger partial charge on any atom is 0.240 e. The molecule has 17 heavy (non-hydrogen) atoms. The van der Waals surface area contributed by atoms with Gasteiger partial charge in [-0.2, -0.15) is 0 Å². The largest absolute Gasteiger partial charge is 0.327 e. The highest BCUT2D eigenvalue weighted by Gasteiger charge is 2.34. The van der Waals surface area contributed by atoms with Crippen LogP contribution in [-0.2, 0) is 4.79 Å². The molecular weight excluding hydrogens is 214 g/mol. The summed E-state index contributed by atoms with van der Waals surface area (Å²) in [4.78, 5) is 16.3. The molecule has 0 radical (unpaired) electrons. The van der Waals surface area contributed by atoms with E-state index in [1.807, 2.05) is 4.90 Å². The summed E-state index contributed by atoms with van der Waals surface area (Å²) in [6.45, 7) is 7.98. The van der Waals surface area contributed by atoms with E-state index in [4.69, 9.17) is 0 Å². The number of nitrogens with zero attached hydrogens (tertiary/aromatic N) is 2. The molecule has 1 N–H and O–H groups in total. The Morgan fingerprint density at radius 2 is 2.12 bits per heavy atom. The molecular formula is C13H27N3O. The molecule has 1 heterocycles. The molecule has 1 aliphatic heterocycles. The van der Waals surface area contributed by atoms with Crippen LogP contribution in [-0.4, -0.2) is 54.6 Å². The fraction of sp³-hybridized carbons (Fsp3) is 0.923. The van der Waals surface area contributed by atoms with Gasteiger partial charge in [-0.1, -0.05) is 19.8 Å². The third-order valence-electron chi connectivity index (χ3n) is 3.77. The van der Waals surface area contributed by atoms with Crippen LogP contribution in [0.15, 0.2) is 0 Å². The van der Waals surface area contributed by atoms with Crippen LogP contribution >= 0.6 is 0 Å². The van der Waals surface area contributed by atoms with E-state index in [0.29, 0.717) is 6.67 Å². The Bertz CT molecular complexity index is 263. The molecule has 0 aromatic rings. The molecule has 0 aliphatic carbocycles. The number of carbonyl (C=O) groups excluding carboxylic acids is 1. The molecule has 4 nitrogen and oxygen atoms in total. The fourth-order valence-electron chi connectivity index (χ4n) is 1.98.